The number of hydrogen-bond donors (Lipinski definition) is 1. The zero-order chi connectivity index (χ0) is 19.8. The Bertz CT molecular complexity index is 695. The van der Waals surface area contributed by atoms with Crippen LogP contribution in [-0.2, 0) is 19.1 Å². The van der Waals surface area contributed by atoms with E-state index in [9.17, 15) is 14.4 Å². The minimum atomic E-state index is -0.591. The van der Waals surface area contributed by atoms with Gasteiger partial charge >= 0.3 is 11.9 Å². The number of hydrogen-bond acceptors (Lipinski definition) is 5. The Morgan fingerprint density at radius 1 is 1.15 bits per heavy atom. The number of benzene rings is 1. The topological polar surface area (TPSA) is 81.7 Å². The first-order valence-corrected chi connectivity index (χ1v) is 9.23. The Hall–Kier alpha value is -2.63. The zero-order valence-electron chi connectivity index (χ0n) is 16.1. The minimum Gasteiger partial charge on any atom is -0.465 e. The summed E-state index contributed by atoms with van der Waals surface area (Å²) in [6.07, 6.45) is 6.08. The van der Waals surface area contributed by atoms with E-state index in [4.69, 9.17) is 4.74 Å². The monoisotopic (exact) mass is 373 g/mol. The Kier molecular flexibility index (Phi) is 7.58. The first-order chi connectivity index (χ1) is 12.9. The van der Waals surface area contributed by atoms with E-state index in [1.165, 1.54) is 19.6 Å². The van der Waals surface area contributed by atoms with Gasteiger partial charge in [0.1, 0.15) is 0 Å². The van der Waals surface area contributed by atoms with Crippen LogP contribution >= 0.6 is 0 Å². The predicted octanol–water partition coefficient (Wildman–Crippen LogP) is 2.97. The van der Waals surface area contributed by atoms with Gasteiger partial charge in [-0.05, 0) is 42.0 Å². The highest BCUT2D eigenvalue weighted by Crippen LogP contribution is 2.29. The molecule has 1 N–H and O–H groups in total. The van der Waals surface area contributed by atoms with Gasteiger partial charge in [-0.2, -0.15) is 0 Å². The fourth-order valence-corrected chi connectivity index (χ4v) is 3.23. The fourth-order valence-electron chi connectivity index (χ4n) is 3.23. The molecule has 0 unspecified atom stereocenters. The average molecular weight is 373 g/mol. The third-order valence-electron chi connectivity index (χ3n) is 5.14. The van der Waals surface area contributed by atoms with Crippen molar-refractivity contribution in [3.8, 4) is 0 Å². The Morgan fingerprint density at radius 2 is 1.85 bits per heavy atom. The molecule has 0 heterocycles. The van der Waals surface area contributed by atoms with Crippen molar-refractivity contribution in [3.63, 3.8) is 0 Å². The summed E-state index contributed by atoms with van der Waals surface area (Å²) in [6, 6.07) is 6.74. The number of amides is 1. The maximum absolute atomic E-state index is 12.0. The molecule has 1 fully saturated rings. The molecule has 0 bridgehead atoms. The van der Waals surface area contributed by atoms with Crippen molar-refractivity contribution in [3.05, 3.63) is 41.5 Å². The molecule has 27 heavy (non-hydrogen) atoms. The standard InChI is InChI=1S/C21H27NO5/c1-14-5-4-6-18(15(14)2)22-19(23)13-27-20(24)12-9-16-7-10-17(11-8-16)21(25)26-3/h7-12,14-15,18H,4-6,13H2,1-3H3,(H,22,23)/b12-9+/t14-,15+,18-/m1/s1. The lowest BCUT2D eigenvalue weighted by molar-refractivity contribution is -0.144. The van der Waals surface area contributed by atoms with Crippen LogP contribution in [0, 0.1) is 11.8 Å². The molecule has 0 aliphatic heterocycles. The van der Waals surface area contributed by atoms with Gasteiger partial charge in [-0.1, -0.05) is 38.8 Å². The summed E-state index contributed by atoms with van der Waals surface area (Å²) >= 11 is 0. The molecule has 146 valence electrons. The molecule has 6 heteroatoms. The van der Waals surface area contributed by atoms with Crippen LogP contribution in [0.1, 0.15) is 49.0 Å². The SMILES string of the molecule is COC(=O)c1ccc(/C=C/C(=O)OCC(=O)N[C@@H]2CCC[C@@H](C)[C@@H]2C)cc1. The maximum Gasteiger partial charge on any atom is 0.337 e. The average Bonchev–Trinajstić information content (AvgIpc) is 2.68. The van der Waals surface area contributed by atoms with Crippen LogP contribution in [0.5, 0.6) is 0 Å². The van der Waals surface area contributed by atoms with E-state index in [0.717, 1.165) is 18.4 Å². The van der Waals surface area contributed by atoms with E-state index in [1.54, 1.807) is 30.3 Å². The van der Waals surface area contributed by atoms with E-state index < -0.39 is 11.9 Å². The molecule has 1 aliphatic rings. The van der Waals surface area contributed by atoms with Crippen LogP contribution in [0.4, 0.5) is 0 Å². The molecule has 6 nitrogen and oxygen atoms in total. The van der Waals surface area contributed by atoms with Gasteiger partial charge in [0.05, 0.1) is 12.7 Å². The lowest BCUT2D eigenvalue weighted by Crippen LogP contribution is -2.45. The molecule has 1 aliphatic carbocycles. The van der Waals surface area contributed by atoms with Crippen LogP contribution in [-0.4, -0.2) is 37.6 Å². The lowest BCUT2D eigenvalue weighted by Gasteiger charge is -2.34. The first-order valence-electron chi connectivity index (χ1n) is 9.23. The van der Waals surface area contributed by atoms with Crippen LogP contribution in [0.2, 0.25) is 0 Å². The van der Waals surface area contributed by atoms with Gasteiger partial charge in [-0.3, -0.25) is 4.79 Å². The summed E-state index contributed by atoms with van der Waals surface area (Å²) < 4.78 is 9.62. The minimum absolute atomic E-state index is 0.142. The normalized spacial score (nSPS) is 22.3. The summed E-state index contributed by atoms with van der Waals surface area (Å²) in [5.41, 5.74) is 1.16. The van der Waals surface area contributed by atoms with E-state index in [0.29, 0.717) is 17.4 Å². The number of methoxy groups -OCH3 is 1. The highest BCUT2D eigenvalue weighted by atomic mass is 16.5. The molecular formula is C21H27NO5. The summed E-state index contributed by atoms with van der Waals surface area (Å²) in [6.45, 7) is 4.06. The highest BCUT2D eigenvalue weighted by molar-refractivity contribution is 5.91. The molecule has 1 aromatic carbocycles. The fraction of sp³-hybridized carbons (Fsp3) is 0.476. The first kappa shape index (κ1) is 20.7. The van der Waals surface area contributed by atoms with Crippen molar-refractivity contribution in [1.82, 2.24) is 5.32 Å². The largest absolute Gasteiger partial charge is 0.465 e. The van der Waals surface area contributed by atoms with E-state index in [-0.39, 0.29) is 18.6 Å². The van der Waals surface area contributed by atoms with Crippen molar-refractivity contribution in [2.24, 2.45) is 11.8 Å². The van der Waals surface area contributed by atoms with Crippen LogP contribution in [0.25, 0.3) is 6.08 Å². The van der Waals surface area contributed by atoms with E-state index in [2.05, 4.69) is 23.9 Å². The molecule has 0 spiro atoms. The zero-order valence-corrected chi connectivity index (χ0v) is 16.1. The van der Waals surface area contributed by atoms with Gasteiger partial charge in [0.15, 0.2) is 6.61 Å². The van der Waals surface area contributed by atoms with Gasteiger partial charge in [0.25, 0.3) is 5.91 Å². The van der Waals surface area contributed by atoms with Crippen LogP contribution in [0.3, 0.4) is 0 Å². The summed E-state index contributed by atoms with van der Waals surface area (Å²) in [4.78, 5) is 35.2. The highest BCUT2D eigenvalue weighted by Gasteiger charge is 2.28. The Labute approximate surface area is 159 Å². The van der Waals surface area contributed by atoms with Crippen molar-refractivity contribution < 1.29 is 23.9 Å². The number of ether oxygens (including phenoxy) is 2. The third-order valence-corrected chi connectivity index (χ3v) is 5.14. The molecule has 1 amide bonds. The maximum atomic E-state index is 12.0. The number of carbonyl (C=O) groups excluding carboxylic acids is 3. The van der Waals surface area contributed by atoms with Crippen molar-refractivity contribution in [2.75, 3.05) is 13.7 Å². The quantitative estimate of drug-likeness (QED) is 0.612. The summed E-state index contributed by atoms with van der Waals surface area (Å²) in [5, 5.41) is 2.97. The second-order valence-corrected chi connectivity index (χ2v) is 7.00. The van der Waals surface area contributed by atoms with E-state index in [1.807, 2.05) is 0 Å². The molecular weight excluding hydrogens is 346 g/mol. The van der Waals surface area contributed by atoms with Gasteiger partial charge in [-0.15, -0.1) is 0 Å². The van der Waals surface area contributed by atoms with Crippen LogP contribution < -0.4 is 5.32 Å². The molecule has 0 radical (unpaired) electrons. The number of carbonyl (C=O) groups is 3. The molecule has 1 aromatic rings. The van der Waals surface area contributed by atoms with E-state index >= 15 is 0 Å². The summed E-state index contributed by atoms with van der Waals surface area (Å²) in [5.74, 6) is -0.277. The van der Waals surface area contributed by atoms with Crippen molar-refractivity contribution >= 4 is 23.9 Å². The van der Waals surface area contributed by atoms with Gasteiger partial charge in [0, 0.05) is 12.1 Å². The third kappa shape index (κ3) is 6.24. The van der Waals surface area contributed by atoms with Gasteiger partial charge in [-0.25, -0.2) is 9.59 Å². The number of rotatable bonds is 6. The molecule has 0 aromatic heterocycles. The second kappa shape index (κ2) is 9.90. The molecule has 2 rings (SSSR count). The summed E-state index contributed by atoms with van der Waals surface area (Å²) in [7, 11) is 1.32. The van der Waals surface area contributed by atoms with Crippen molar-refractivity contribution in [1.29, 1.82) is 0 Å². The van der Waals surface area contributed by atoms with Gasteiger partial charge < -0.3 is 14.8 Å². The molecule has 3 atom stereocenters. The van der Waals surface area contributed by atoms with Crippen molar-refractivity contribution in [2.45, 2.75) is 39.2 Å². The molecule has 0 saturated heterocycles. The second-order valence-electron chi connectivity index (χ2n) is 7.00. The lowest BCUT2D eigenvalue weighted by atomic mass is 9.78. The predicted molar refractivity (Wildman–Crippen MR) is 102 cm³/mol. The Balaban J connectivity index is 1.77. The van der Waals surface area contributed by atoms with Gasteiger partial charge in [0.2, 0.25) is 0 Å². The number of nitrogens with one attached hydrogen (secondary N) is 1. The smallest absolute Gasteiger partial charge is 0.337 e. The Morgan fingerprint density at radius 3 is 2.52 bits per heavy atom. The molecule has 1 saturated carbocycles. The van der Waals surface area contributed by atoms with Crippen LogP contribution in [0.15, 0.2) is 30.3 Å². The number of esters is 2.